The standard InChI is InChI=1S/C21H27NO8/c1-12-18(30-15(4)24)19(17(22-14(3)23)21(26-5)29-12)28-13(2)20(25)27-11-16-9-7-6-8-10-16/h6-10,13,17-19,21H,1,11H2,2-5H3,(H,22,23)/t13-,17-,18-,19-,21?/m1/s1. The van der Waals surface area contributed by atoms with Gasteiger partial charge in [-0.25, -0.2) is 4.79 Å². The Balaban J connectivity index is 2.16. The molecule has 1 amide bonds. The van der Waals surface area contributed by atoms with Crippen molar-refractivity contribution in [1.82, 2.24) is 5.32 Å². The number of esters is 2. The van der Waals surface area contributed by atoms with Crippen molar-refractivity contribution in [3.05, 3.63) is 48.2 Å². The van der Waals surface area contributed by atoms with E-state index in [0.29, 0.717) is 0 Å². The van der Waals surface area contributed by atoms with Crippen molar-refractivity contribution in [1.29, 1.82) is 0 Å². The molecular formula is C21H27NO8. The van der Waals surface area contributed by atoms with Crippen molar-refractivity contribution in [3.63, 3.8) is 0 Å². The lowest BCUT2D eigenvalue weighted by Crippen LogP contribution is -2.62. The van der Waals surface area contributed by atoms with E-state index in [-0.39, 0.29) is 18.3 Å². The van der Waals surface area contributed by atoms with Crippen LogP contribution in [0.1, 0.15) is 26.3 Å². The lowest BCUT2D eigenvalue weighted by Gasteiger charge is -2.42. The molecule has 9 heteroatoms. The topological polar surface area (TPSA) is 109 Å². The van der Waals surface area contributed by atoms with Gasteiger partial charge in [-0.15, -0.1) is 0 Å². The van der Waals surface area contributed by atoms with Gasteiger partial charge in [-0.1, -0.05) is 36.9 Å². The summed E-state index contributed by atoms with van der Waals surface area (Å²) < 4.78 is 27.3. The number of carbonyl (C=O) groups excluding carboxylic acids is 3. The summed E-state index contributed by atoms with van der Waals surface area (Å²) in [5, 5.41) is 2.66. The number of rotatable bonds is 8. The van der Waals surface area contributed by atoms with Crippen LogP contribution in [0.4, 0.5) is 0 Å². The van der Waals surface area contributed by atoms with Crippen LogP contribution >= 0.6 is 0 Å². The van der Waals surface area contributed by atoms with Crippen LogP contribution in [0.25, 0.3) is 0 Å². The Bertz CT molecular complexity index is 766. The molecule has 1 aromatic rings. The molecule has 5 atom stereocenters. The van der Waals surface area contributed by atoms with Gasteiger partial charge in [0.05, 0.1) is 0 Å². The molecule has 1 unspecified atom stereocenters. The first kappa shape index (κ1) is 23.4. The number of nitrogens with one attached hydrogen (secondary N) is 1. The summed E-state index contributed by atoms with van der Waals surface area (Å²) in [6.07, 6.45) is -4.04. The van der Waals surface area contributed by atoms with Crippen molar-refractivity contribution in [3.8, 4) is 0 Å². The molecule has 1 aromatic carbocycles. The minimum absolute atomic E-state index is 0.0773. The molecular weight excluding hydrogens is 394 g/mol. The van der Waals surface area contributed by atoms with E-state index < -0.39 is 42.6 Å². The Morgan fingerprint density at radius 1 is 1.20 bits per heavy atom. The van der Waals surface area contributed by atoms with Crippen LogP contribution in [0, 0.1) is 0 Å². The van der Waals surface area contributed by atoms with Gasteiger partial charge < -0.3 is 29.0 Å². The van der Waals surface area contributed by atoms with E-state index in [2.05, 4.69) is 11.9 Å². The van der Waals surface area contributed by atoms with E-state index in [0.717, 1.165) is 5.56 Å². The SMILES string of the molecule is C=C1OC(OC)[C@H](NC(C)=O)[C@@H](O[C@H](C)C(=O)OCc2ccccc2)[C@@H]1OC(C)=O. The summed E-state index contributed by atoms with van der Waals surface area (Å²) in [5.74, 6) is -1.52. The molecule has 0 radical (unpaired) electrons. The van der Waals surface area contributed by atoms with Crippen LogP contribution in [0.15, 0.2) is 42.7 Å². The first-order valence-corrected chi connectivity index (χ1v) is 9.41. The predicted molar refractivity (Wildman–Crippen MR) is 105 cm³/mol. The van der Waals surface area contributed by atoms with Gasteiger partial charge in [0.15, 0.2) is 12.2 Å². The molecule has 0 aliphatic carbocycles. The van der Waals surface area contributed by atoms with Gasteiger partial charge in [-0.2, -0.15) is 0 Å². The van der Waals surface area contributed by atoms with E-state index >= 15 is 0 Å². The molecule has 0 saturated carbocycles. The highest BCUT2D eigenvalue weighted by Gasteiger charge is 2.48. The minimum atomic E-state index is -1.06. The molecule has 9 nitrogen and oxygen atoms in total. The number of amides is 1. The zero-order valence-corrected chi connectivity index (χ0v) is 17.5. The third-order valence-electron chi connectivity index (χ3n) is 4.34. The van der Waals surface area contributed by atoms with E-state index in [4.69, 9.17) is 23.7 Å². The number of hydrogen-bond acceptors (Lipinski definition) is 8. The van der Waals surface area contributed by atoms with Crippen LogP contribution in [0.3, 0.4) is 0 Å². The highest BCUT2D eigenvalue weighted by Crippen LogP contribution is 2.29. The Hall–Kier alpha value is -2.91. The fraction of sp³-hybridized carbons (Fsp3) is 0.476. The highest BCUT2D eigenvalue weighted by atomic mass is 16.7. The van der Waals surface area contributed by atoms with Gasteiger partial charge in [0, 0.05) is 21.0 Å². The number of ether oxygens (including phenoxy) is 5. The number of benzene rings is 1. The van der Waals surface area contributed by atoms with Gasteiger partial charge >= 0.3 is 11.9 Å². The average Bonchev–Trinajstić information content (AvgIpc) is 2.70. The van der Waals surface area contributed by atoms with Gasteiger partial charge in [0.25, 0.3) is 0 Å². The highest BCUT2D eigenvalue weighted by molar-refractivity contribution is 5.74. The second kappa shape index (κ2) is 10.7. The monoisotopic (exact) mass is 421 g/mol. The Morgan fingerprint density at radius 2 is 1.87 bits per heavy atom. The maximum atomic E-state index is 12.5. The van der Waals surface area contributed by atoms with Gasteiger partial charge in [0.1, 0.15) is 24.5 Å². The molecule has 164 valence electrons. The average molecular weight is 421 g/mol. The van der Waals surface area contributed by atoms with E-state index in [9.17, 15) is 14.4 Å². The summed E-state index contributed by atoms with van der Waals surface area (Å²) >= 11 is 0. The first-order chi connectivity index (χ1) is 14.2. The second-order valence-electron chi connectivity index (χ2n) is 6.78. The Morgan fingerprint density at radius 3 is 2.43 bits per heavy atom. The smallest absolute Gasteiger partial charge is 0.335 e. The fourth-order valence-electron chi connectivity index (χ4n) is 3.00. The van der Waals surface area contributed by atoms with Crippen LogP contribution in [-0.2, 0) is 44.7 Å². The lowest BCUT2D eigenvalue weighted by molar-refractivity contribution is -0.223. The van der Waals surface area contributed by atoms with E-state index in [1.54, 1.807) is 0 Å². The van der Waals surface area contributed by atoms with E-state index in [1.807, 2.05) is 30.3 Å². The maximum absolute atomic E-state index is 12.5. The molecule has 0 spiro atoms. The molecule has 1 heterocycles. The van der Waals surface area contributed by atoms with Crippen LogP contribution in [0.2, 0.25) is 0 Å². The molecule has 1 aliphatic rings. The third kappa shape index (κ3) is 6.30. The molecule has 1 N–H and O–H groups in total. The normalized spacial score (nSPS) is 24.3. The van der Waals surface area contributed by atoms with Crippen LogP contribution < -0.4 is 5.32 Å². The zero-order chi connectivity index (χ0) is 22.3. The number of hydrogen-bond donors (Lipinski definition) is 1. The van der Waals surface area contributed by atoms with Crippen LogP contribution in [0.5, 0.6) is 0 Å². The predicted octanol–water partition coefficient (Wildman–Crippen LogP) is 1.46. The zero-order valence-electron chi connectivity index (χ0n) is 17.5. The Labute approximate surface area is 175 Å². The van der Waals surface area contributed by atoms with Crippen molar-refractivity contribution >= 4 is 17.8 Å². The molecule has 2 rings (SSSR count). The number of carbonyl (C=O) groups is 3. The van der Waals surface area contributed by atoms with Crippen LogP contribution in [-0.4, -0.2) is 55.6 Å². The van der Waals surface area contributed by atoms with Gasteiger partial charge in [-0.05, 0) is 12.5 Å². The summed E-state index contributed by atoms with van der Waals surface area (Å²) in [5.41, 5.74) is 0.825. The van der Waals surface area contributed by atoms with Crippen molar-refractivity contribution in [2.75, 3.05) is 7.11 Å². The lowest BCUT2D eigenvalue weighted by atomic mass is 9.99. The summed E-state index contributed by atoms with van der Waals surface area (Å²) in [4.78, 5) is 35.7. The largest absolute Gasteiger partial charge is 0.463 e. The van der Waals surface area contributed by atoms with Gasteiger partial charge in [-0.3, -0.25) is 9.59 Å². The Kier molecular flexibility index (Phi) is 8.37. The maximum Gasteiger partial charge on any atom is 0.335 e. The molecule has 1 aliphatic heterocycles. The molecule has 1 fully saturated rings. The van der Waals surface area contributed by atoms with Crippen molar-refractivity contribution in [2.24, 2.45) is 0 Å². The van der Waals surface area contributed by atoms with Gasteiger partial charge in [0.2, 0.25) is 12.2 Å². The molecule has 1 saturated heterocycles. The minimum Gasteiger partial charge on any atom is -0.463 e. The summed E-state index contributed by atoms with van der Waals surface area (Å²) in [6.45, 7) is 7.86. The quantitative estimate of drug-likeness (QED) is 0.629. The summed E-state index contributed by atoms with van der Waals surface area (Å²) in [7, 11) is 1.38. The number of methoxy groups -OCH3 is 1. The second-order valence-corrected chi connectivity index (χ2v) is 6.78. The third-order valence-corrected chi connectivity index (χ3v) is 4.34. The van der Waals surface area contributed by atoms with Crippen molar-refractivity contribution < 1.29 is 38.1 Å². The van der Waals surface area contributed by atoms with Crippen molar-refractivity contribution in [2.45, 2.75) is 58.0 Å². The molecule has 0 aromatic heterocycles. The summed E-state index contributed by atoms with van der Waals surface area (Å²) in [6, 6.07) is 8.32. The fourth-order valence-corrected chi connectivity index (χ4v) is 3.00. The molecule has 0 bridgehead atoms. The first-order valence-electron chi connectivity index (χ1n) is 9.41. The van der Waals surface area contributed by atoms with E-state index in [1.165, 1.54) is 27.9 Å². The molecule has 30 heavy (non-hydrogen) atoms.